The second kappa shape index (κ2) is 4.30. The van der Waals surface area contributed by atoms with Gasteiger partial charge in [0.25, 0.3) is 0 Å². The molecule has 14 heavy (non-hydrogen) atoms. The van der Waals surface area contributed by atoms with Gasteiger partial charge in [-0.05, 0) is 27.7 Å². The molecule has 0 unspecified atom stereocenters. The third kappa shape index (κ3) is 2.27. The Morgan fingerprint density at radius 3 is 1.93 bits per heavy atom. The molecular weight excluding hydrogens is 176 g/mol. The fraction of sp³-hybridized carbons (Fsp3) is 0.909. The number of piperazine rings is 1. The van der Waals surface area contributed by atoms with E-state index in [4.69, 9.17) is 0 Å². The molecule has 0 aromatic carbocycles. The molecule has 0 N–H and O–H groups in total. The summed E-state index contributed by atoms with van der Waals surface area (Å²) in [6, 6.07) is 1.27. The van der Waals surface area contributed by atoms with Crippen molar-refractivity contribution >= 4 is 5.91 Å². The molecule has 3 nitrogen and oxygen atoms in total. The number of carbonyl (C=O) groups excluding carboxylic acids is 1. The molecule has 3 heteroatoms. The van der Waals surface area contributed by atoms with Crippen molar-refractivity contribution in [2.24, 2.45) is 0 Å². The smallest absolute Gasteiger partial charge is 0.220 e. The Labute approximate surface area is 87.1 Å². The van der Waals surface area contributed by atoms with Gasteiger partial charge in [-0.3, -0.25) is 9.69 Å². The molecule has 0 spiro atoms. The maximum atomic E-state index is 11.4. The maximum Gasteiger partial charge on any atom is 0.220 e. The van der Waals surface area contributed by atoms with Crippen molar-refractivity contribution in [3.05, 3.63) is 0 Å². The summed E-state index contributed by atoms with van der Waals surface area (Å²) in [6.45, 7) is 12.4. The standard InChI is InChI=1S/C11H22N2O/c1-8(2)12-6-9(3)13(11(5)14)10(4)7-12/h8-10H,6-7H2,1-5H3/t9-,10+. The van der Waals surface area contributed by atoms with Gasteiger partial charge in [0.15, 0.2) is 0 Å². The van der Waals surface area contributed by atoms with Crippen LogP contribution < -0.4 is 0 Å². The Morgan fingerprint density at radius 1 is 1.21 bits per heavy atom. The lowest BCUT2D eigenvalue weighted by molar-refractivity contribution is -0.137. The van der Waals surface area contributed by atoms with Crippen LogP contribution in [0, 0.1) is 0 Å². The van der Waals surface area contributed by atoms with Gasteiger partial charge in [0, 0.05) is 38.1 Å². The van der Waals surface area contributed by atoms with E-state index in [1.165, 1.54) is 0 Å². The molecule has 82 valence electrons. The van der Waals surface area contributed by atoms with Gasteiger partial charge in [-0.2, -0.15) is 0 Å². The third-order valence-electron chi connectivity index (χ3n) is 3.04. The number of rotatable bonds is 1. The van der Waals surface area contributed by atoms with E-state index in [0.29, 0.717) is 18.1 Å². The van der Waals surface area contributed by atoms with Crippen LogP contribution >= 0.6 is 0 Å². The topological polar surface area (TPSA) is 23.6 Å². The Hall–Kier alpha value is -0.570. The van der Waals surface area contributed by atoms with Gasteiger partial charge in [-0.15, -0.1) is 0 Å². The van der Waals surface area contributed by atoms with Gasteiger partial charge >= 0.3 is 0 Å². The van der Waals surface area contributed by atoms with Crippen LogP contribution in [-0.4, -0.2) is 46.9 Å². The second-order valence-corrected chi connectivity index (χ2v) is 4.67. The highest BCUT2D eigenvalue weighted by Gasteiger charge is 2.31. The lowest BCUT2D eigenvalue weighted by Gasteiger charge is -2.45. The van der Waals surface area contributed by atoms with Crippen LogP contribution in [0.3, 0.4) is 0 Å². The summed E-state index contributed by atoms with van der Waals surface area (Å²) < 4.78 is 0. The molecule has 2 atom stereocenters. The van der Waals surface area contributed by atoms with Crippen molar-refractivity contribution < 1.29 is 4.79 Å². The Balaban J connectivity index is 2.68. The second-order valence-electron chi connectivity index (χ2n) is 4.67. The van der Waals surface area contributed by atoms with E-state index in [1.807, 2.05) is 4.90 Å². The average Bonchev–Trinajstić information content (AvgIpc) is 2.01. The van der Waals surface area contributed by atoms with E-state index in [2.05, 4.69) is 32.6 Å². The van der Waals surface area contributed by atoms with Crippen molar-refractivity contribution in [2.45, 2.75) is 52.7 Å². The SMILES string of the molecule is CC(=O)N1[C@H](C)CN(C(C)C)C[C@@H]1C. The minimum atomic E-state index is 0.202. The fourth-order valence-corrected chi connectivity index (χ4v) is 2.41. The normalized spacial score (nSPS) is 29.7. The van der Waals surface area contributed by atoms with Crippen LogP contribution in [0.15, 0.2) is 0 Å². The first-order valence-electron chi connectivity index (χ1n) is 5.46. The molecule has 0 aromatic rings. The molecule has 0 aromatic heterocycles. The molecule has 0 saturated carbocycles. The third-order valence-corrected chi connectivity index (χ3v) is 3.04. The molecule has 1 aliphatic rings. The highest BCUT2D eigenvalue weighted by molar-refractivity contribution is 5.74. The number of hydrogen-bond acceptors (Lipinski definition) is 2. The predicted octanol–water partition coefficient (Wildman–Crippen LogP) is 1.34. The summed E-state index contributed by atoms with van der Waals surface area (Å²) >= 11 is 0. The number of carbonyl (C=O) groups is 1. The van der Waals surface area contributed by atoms with E-state index in [-0.39, 0.29) is 5.91 Å². The maximum absolute atomic E-state index is 11.4. The van der Waals surface area contributed by atoms with E-state index in [0.717, 1.165) is 13.1 Å². The van der Waals surface area contributed by atoms with E-state index in [1.54, 1.807) is 6.92 Å². The Bertz CT molecular complexity index is 203. The van der Waals surface area contributed by atoms with E-state index < -0.39 is 0 Å². The first-order chi connectivity index (χ1) is 6.43. The Kier molecular flexibility index (Phi) is 3.53. The summed E-state index contributed by atoms with van der Waals surface area (Å²) in [5, 5.41) is 0. The van der Waals surface area contributed by atoms with E-state index >= 15 is 0 Å². The lowest BCUT2D eigenvalue weighted by Crippen LogP contribution is -2.59. The van der Waals surface area contributed by atoms with Crippen LogP contribution in [0.2, 0.25) is 0 Å². The number of amides is 1. The quantitative estimate of drug-likeness (QED) is 0.634. The van der Waals surface area contributed by atoms with Crippen molar-refractivity contribution in [2.75, 3.05) is 13.1 Å². The number of nitrogens with zero attached hydrogens (tertiary/aromatic N) is 2. The summed E-state index contributed by atoms with van der Waals surface area (Å²) in [4.78, 5) is 15.8. The summed E-state index contributed by atoms with van der Waals surface area (Å²) in [6.07, 6.45) is 0. The van der Waals surface area contributed by atoms with Crippen LogP contribution in [0.1, 0.15) is 34.6 Å². The van der Waals surface area contributed by atoms with Crippen LogP contribution in [0.4, 0.5) is 0 Å². The molecule has 0 radical (unpaired) electrons. The minimum absolute atomic E-state index is 0.202. The van der Waals surface area contributed by atoms with Crippen molar-refractivity contribution in [1.29, 1.82) is 0 Å². The first kappa shape index (κ1) is 11.5. The molecule has 1 heterocycles. The first-order valence-corrected chi connectivity index (χ1v) is 5.46. The minimum Gasteiger partial charge on any atom is -0.335 e. The summed E-state index contributed by atoms with van der Waals surface area (Å²) in [7, 11) is 0. The lowest BCUT2D eigenvalue weighted by atomic mass is 10.1. The van der Waals surface area contributed by atoms with Crippen LogP contribution in [-0.2, 0) is 4.79 Å². The summed E-state index contributed by atoms with van der Waals surface area (Å²) in [5.74, 6) is 0.202. The molecule has 1 saturated heterocycles. The molecule has 0 bridgehead atoms. The van der Waals surface area contributed by atoms with Gasteiger partial charge in [-0.25, -0.2) is 0 Å². The van der Waals surface area contributed by atoms with E-state index in [9.17, 15) is 4.79 Å². The fourth-order valence-electron chi connectivity index (χ4n) is 2.41. The zero-order chi connectivity index (χ0) is 10.9. The van der Waals surface area contributed by atoms with Gasteiger partial charge < -0.3 is 4.90 Å². The molecule has 1 aliphatic heterocycles. The van der Waals surface area contributed by atoms with Crippen molar-refractivity contribution in [3.63, 3.8) is 0 Å². The highest BCUT2D eigenvalue weighted by atomic mass is 16.2. The van der Waals surface area contributed by atoms with Crippen molar-refractivity contribution in [3.8, 4) is 0 Å². The number of hydrogen-bond donors (Lipinski definition) is 0. The summed E-state index contributed by atoms with van der Waals surface area (Å²) in [5.41, 5.74) is 0. The van der Waals surface area contributed by atoms with Gasteiger partial charge in [0.05, 0.1) is 0 Å². The van der Waals surface area contributed by atoms with Crippen LogP contribution in [0.5, 0.6) is 0 Å². The predicted molar refractivity (Wildman–Crippen MR) is 58.2 cm³/mol. The largest absolute Gasteiger partial charge is 0.335 e. The van der Waals surface area contributed by atoms with Gasteiger partial charge in [-0.1, -0.05) is 0 Å². The Morgan fingerprint density at radius 2 is 1.64 bits per heavy atom. The van der Waals surface area contributed by atoms with Gasteiger partial charge in [0.1, 0.15) is 0 Å². The van der Waals surface area contributed by atoms with Crippen molar-refractivity contribution in [1.82, 2.24) is 9.80 Å². The van der Waals surface area contributed by atoms with Gasteiger partial charge in [0.2, 0.25) is 5.91 Å². The molecule has 0 aliphatic carbocycles. The monoisotopic (exact) mass is 198 g/mol. The zero-order valence-corrected chi connectivity index (χ0v) is 9.95. The zero-order valence-electron chi connectivity index (χ0n) is 9.95. The van der Waals surface area contributed by atoms with Crippen LogP contribution in [0.25, 0.3) is 0 Å². The molecular formula is C11H22N2O. The highest BCUT2D eigenvalue weighted by Crippen LogP contribution is 2.17. The average molecular weight is 198 g/mol. The molecule has 1 rings (SSSR count). The molecule has 1 amide bonds. The molecule has 1 fully saturated rings.